The SMILES string of the molecule is NCc1ccc(NCC2CCCNC2)cc1. The van der Waals surface area contributed by atoms with Gasteiger partial charge in [0.05, 0.1) is 0 Å². The van der Waals surface area contributed by atoms with Crippen LogP contribution >= 0.6 is 0 Å². The summed E-state index contributed by atoms with van der Waals surface area (Å²) < 4.78 is 0. The Morgan fingerprint density at radius 3 is 2.75 bits per heavy atom. The van der Waals surface area contributed by atoms with Gasteiger partial charge in [-0.2, -0.15) is 0 Å². The Balaban J connectivity index is 1.79. The molecule has 1 aliphatic heterocycles. The molecule has 0 radical (unpaired) electrons. The maximum atomic E-state index is 5.56. The molecule has 0 spiro atoms. The van der Waals surface area contributed by atoms with Crippen molar-refractivity contribution in [1.82, 2.24) is 5.32 Å². The van der Waals surface area contributed by atoms with E-state index in [0.29, 0.717) is 6.54 Å². The first kappa shape index (κ1) is 11.4. The highest BCUT2D eigenvalue weighted by Crippen LogP contribution is 2.13. The van der Waals surface area contributed by atoms with Gasteiger partial charge in [0.2, 0.25) is 0 Å². The summed E-state index contributed by atoms with van der Waals surface area (Å²) in [6, 6.07) is 8.39. The monoisotopic (exact) mass is 219 g/mol. The second kappa shape index (κ2) is 5.87. The van der Waals surface area contributed by atoms with Crippen LogP contribution in [0.25, 0.3) is 0 Å². The number of rotatable bonds is 4. The molecule has 1 atom stereocenters. The maximum Gasteiger partial charge on any atom is 0.0340 e. The summed E-state index contributed by atoms with van der Waals surface area (Å²) >= 11 is 0. The Kier molecular flexibility index (Phi) is 4.19. The van der Waals surface area contributed by atoms with Crippen molar-refractivity contribution in [2.75, 3.05) is 25.0 Å². The molecule has 1 saturated heterocycles. The molecule has 3 heteroatoms. The van der Waals surface area contributed by atoms with Crippen LogP contribution in [0.5, 0.6) is 0 Å². The summed E-state index contributed by atoms with van der Waals surface area (Å²) in [6.07, 6.45) is 2.64. The normalized spacial score (nSPS) is 20.7. The average Bonchev–Trinajstić information content (AvgIpc) is 2.38. The van der Waals surface area contributed by atoms with Gasteiger partial charge in [-0.3, -0.25) is 0 Å². The van der Waals surface area contributed by atoms with Gasteiger partial charge < -0.3 is 16.4 Å². The predicted molar refractivity (Wildman–Crippen MR) is 68.4 cm³/mol. The first-order valence-corrected chi connectivity index (χ1v) is 6.12. The first-order chi connectivity index (χ1) is 7.88. The van der Waals surface area contributed by atoms with Crippen LogP contribution in [0.1, 0.15) is 18.4 Å². The molecule has 16 heavy (non-hydrogen) atoms. The molecule has 2 rings (SSSR count). The van der Waals surface area contributed by atoms with Gasteiger partial charge in [-0.05, 0) is 49.5 Å². The fraction of sp³-hybridized carbons (Fsp3) is 0.538. The lowest BCUT2D eigenvalue weighted by Crippen LogP contribution is -2.33. The molecule has 0 bridgehead atoms. The largest absolute Gasteiger partial charge is 0.385 e. The minimum Gasteiger partial charge on any atom is -0.385 e. The molecular formula is C13H21N3. The van der Waals surface area contributed by atoms with Gasteiger partial charge in [0.25, 0.3) is 0 Å². The number of piperidine rings is 1. The highest BCUT2D eigenvalue weighted by Gasteiger charge is 2.11. The first-order valence-electron chi connectivity index (χ1n) is 6.12. The van der Waals surface area contributed by atoms with E-state index in [4.69, 9.17) is 5.73 Å². The number of hydrogen-bond acceptors (Lipinski definition) is 3. The van der Waals surface area contributed by atoms with E-state index in [1.54, 1.807) is 0 Å². The van der Waals surface area contributed by atoms with E-state index in [1.807, 2.05) is 0 Å². The summed E-state index contributed by atoms with van der Waals surface area (Å²) in [5, 5.41) is 6.92. The van der Waals surface area contributed by atoms with Crippen LogP contribution in [0, 0.1) is 5.92 Å². The molecule has 1 heterocycles. The van der Waals surface area contributed by atoms with Crippen molar-refractivity contribution in [3.8, 4) is 0 Å². The number of hydrogen-bond donors (Lipinski definition) is 3. The van der Waals surface area contributed by atoms with E-state index in [0.717, 1.165) is 19.0 Å². The zero-order chi connectivity index (χ0) is 11.2. The van der Waals surface area contributed by atoms with E-state index in [-0.39, 0.29) is 0 Å². The molecule has 1 aromatic rings. The molecule has 4 N–H and O–H groups in total. The zero-order valence-electron chi connectivity index (χ0n) is 9.71. The van der Waals surface area contributed by atoms with Crippen LogP contribution in [-0.2, 0) is 6.54 Å². The molecule has 1 aliphatic rings. The Hall–Kier alpha value is -1.06. The molecule has 88 valence electrons. The molecular weight excluding hydrogens is 198 g/mol. The minimum atomic E-state index is 0.618. The summed E-state index contributed by atoms with van der Waals surface area (Å²) in [4.78, 5) is 0. The van der Waals surface area contributed by atoms with Crippen molar-refractivity contribution >= 4 is 5.69 Å². The smallest absolute Gasteiger partial charge is 0.0340 e. The van der Waals surface area contributed by atoms with Crippen molar-refractivity contribution in [2.24, 2.45) is 11.7 Å². The molecule has 3 nitrogen and oxygen atoms in total. The van der Waals surface area contributed by atoms with Gasteiger partial charge in [0.1, 0.15) is 0 Å². The minimum absolute atomic E-state index is 0.618. The maximum absolute atomic E-state index is 5.56. The van der Waals surface area contributed by atoms with E-state index in [2.05, 4.69) is 34.9 Å². The molecule has 1 aromatic carbocycles. The fourth-order valence-electron chi connectivity index (χ4n) is 2.12. The highest BCUT2D eigenvalue weighted by atomic mass is 14.9. The third kappa shape index (κ3) is 3.22. The van der Waals surface area contributed by atoms with E-state index < -0.39 is 0 Å². The summed E-state index contributed by atoms with van der Waals surface area (Å²) in [5.74, 6) is 0.767. The van der Waals surface area contributed by atoms with Gasteiger partial charge in [-0.25, -0.2) is 0 Å². The van der Waals surface area contributed by atoms with Crippen LogP contribution in [0.4, 0.5) is 5.69 Å². The van der Waals surface area contributed by atoms with E-state index >= 15 is 0 Å². The zero-order valence-corrected chi connectivity index (χ0v) is 9.71. The molecule has 0 aliphatic carbocycles. The van der Waals surface area contributed by atoms with Crippen molar-refractivity contribution < 1.29 is 0 Å². The predicted octanol–water partition coefficient (Wildman–Crippen LogP) is 1.56. The molecule has 1 unspecified atom stereocenters. The van der Waals surface area contributed by atoms with Crippen molar-refractivity contribution in [3.63, 3.8) is 0 Å². The standard InChI is InChI=1S/C13H21N3/c14-8-11-3-5-13(6-4-11)16-10-12-2-1-7-15-9-12/h3-6,12,15-16H,1-2,7-10,14H2. The number of nitrogens with two attached hydrogens (primary N) is 1. The number of benzene rings is 1. The van der Waals surface area contributed by atoms with Gasteiger partial charge in [0.15, 0.2) is 0 Å². The van der Waals surface area contributed by atoms with Crippen molar-refractivity contribution in [1.29, 1.82) is 0 Å². The topological polar surface area (TPSA) is 50.1 Å². The Bertz CT molecular complexity index is 301. The second-order valence-electron chi connectivity index (χ2n) is 4.49. The lowest BCUT2D eigenvalue weighted by molar-refractivity contribution is 0.393. The Labute approximate surface area is 97.4 Å². The molecule has 0 amide bonds. The highest BCUT2D eigenvalue weighted by molar-refractivity contribution is 5.44. The van der Waals surface area contributed by atoms with Crippen LogP contribution in [0.3, 0.4) is 0 Å². The van der Waals surface area contributed by atoms with Gasteiger partial charge in [-0.15, -0.1) is 0 Å². The lowest BCUT2D eigenvalue weighted by Gasteiger charge is -2.23. The van der Waals surface area contributed by atoms with Crippen molar-refractivity contribution in [3.05, 3.63) is 29.8 Å². The van der Waals surface area contributed by atoms with Crippen LogP contribution in [0.15, 0.2) is 24.3 Å². The summed E-state index contributed by atoms with van der Waals surface area (Å²) in [6.45, 7) is 4.01. The van der Waals surface area contributed by atoms with E-state index in [1.165, 1.54) is 30.6 Å². The average molecular weight is 219 g/mol. The van der Waals surface area contributed by atoms with Crippen molar-refractivity contribution in [2.45, 2.75) is 19.4 Å². The van der Waals surface area contributed by atoms with Gasteiger partial charge in [-0.1, -0.05) is 12.1 Å². The summed E-state index contributed by atoms with van der Waals surface area (Å²) in [7, 11) is 0. The van der Waals surface area contributed by atoms with E-state index in [9.17, 15) is 0 Å². The molecule has 0 saturated carbocycles. The third-order valence-corrected chi connectivity index (χ3v) is 3.18. The van der Waals surface area contributed by atoms with Gasteiger partial charge in [0, 0.05) is 18.8 Å². The Morgan fingerprint density at radius 1 is 1.31 bits per heavy atom. The Morgan fingerprint density at radius 2 is 2.12 bits per heavy atom. The second-order valence-corrected chi connectivity index (χ2v) is 4.49. The van der Waals surface area contributed by atoms with Crippen LogP contribution < -0.4 is 16.4 Å². The summed E-state index contributed by atoms with van der Waals surface area (Å²) in [5.41, 5.74) is 7.94. The van der Waals surface area contributed by atoms with Crippen LogP contribution in [-0.4, -0.2) is 19.6 Å². The molecule has 1 fully saturated rings. The third-order valence-electron chi connectivity index (χ3n) is 3.18. The fourth-order valence-corrected chi connectivity index (χ4v) is 2.12. The number of nitrogens with one attached hydrogen (secondary N) is 2. The quantitative estimate of drug-likeness (QED) is 0.720. The van der Waals surface area contributed by atoms with Gasteiger partial charge >= 0.3 is 0 Å². The van der Waals surface area contributed by atoms with Crippen LogP contribution in [0.2, 0.25) is 0 Å². The molecule has 0 aromatic heterocycles. The lowest BCUT2D eigenvalue weighted by atomic mass is 10.00. The number of anilines is 1.